The van der Waals surface area contributed by atoms with Gasteiger partial charge in [0.05, 0.1) is 24.8 Å². The lowest BCUT2D eigenvalue weighted by Gasteiger charge is -2.12. The largest absolute Gasteiger partial charge is 0.506 e. The smallest absolute Gasteiger partial charge is 0.338 e. The lowest BCUT2D eigenvalue weighted by molar-refractivity contribution is 0.0550. The number of benzene rings is 2. The van der Waals surface area contributed by atoms with Crippen LogP contribution in [-0.2, 0) is 4.74 Å². The molecule has 2 aromatic rings. The van der Waals surface area contributed by atoms with Crippen molar-refractivity contribution >= 4 is 29.6 Å². The molecular formula is C19H19ClN2O6. The molecular weight excluding hydrogens is 388 g/mol. The molecule has 0 atom stereocenters. The maximum absolute atomic E-state index is 12.0. The summed E-state index contributed by atoms with van der Waals surface area (Å²) in [6.07, 6.45) is 3.19. The number of nitrogens with two attached hydrogens (primary N) is 1. The summed E-state index contributed by atoms with van der Waals surface area (Å²) in [5, 5.41) is 9.44. The van der Waals surface area contributed by atoms with Crippen LogP contribution in [0.25, 0.3) is 6.08 Å². The van der Waals surface area contributed by atoms with Crippen LogP contribution in [0.4, 0.5) is 0 Å². The lowest BCUT2D eigenvalue weighted by atomic mass is 10.1. The van der Waals surface area contributed by atoms with Crippen LogP contribution in [-0.4, -0.2) is 37.8 Å². The number of methoxy groups -OCH3 is 2. The van der Waals surface area contributed by atoms with Gasteiger partial charge in [-0.05, 0) is 36.4 Å². The Hall–Kier alpha value is -3.23. The van der Waals surface area contributed by atoms with Crippen LogP contribution in [0.5, 0.6) is 17.2 Å². The lowest BCUT2D eigenvalue weighted by Crippen LogP contribution is -2.30. The number of nitrogens with one attached hydrogen (secondary N) is 1. The van der Waals surface area contributed by atoms with Gasteiger partial charge in [-0.3, -0.25) is 10.2 Å². The van der Waals surface area contributed by atoms with E-state index >= 15 is 0 Å². The fourth-order valence-corrected chi connectivity index (χ4v) is 2.53. The second kappa shape index (κ2) is 9.63. The average Bonchev–Trinajstić information content (AvgIpc) is 2.71. The predicted octanol–water partition coefficient (Wildman–Crippen LogP) is 2.54. The number of rotatable bonds is 7. The van der Waals surface area contributed by atoms with Gasteiger partial charge in [0.25, 0.3) is 5.91 Å². The number of nitrogen functional groups attached to an aromatic ring is 1. The van der Waals surface area contributed by atoms with E-state index in [1.165, 1.54) is 38.5 Å². The van der Waals surface area contributed by atoms with Crippen LogP contribution in [0, 0.1) is 0 Å². The number of hydrogen-bond acceptors (Lipinski definition) is 7. The minimum absolute atomic E-state index is 0.0455. The topological polar surface area (TPSA) is 120 Å². The number of amides is 1. The van der Waals surface area contributed by atoms with E-state index in [4.69, 9.17) is 31.7 Å². The fourth-order valence-electron chi connectivity index (χ4n) is 2.35. The summed E-state index contributed by atoms with van der Waals surface area (Å²) in [6.45, 7) is -0.0455. The van der Waals surface area contributed by atoms with Gasteiger partial charge in [-0.15, -0.1) is 0 Å². The van der Waals surface area contributed by atoms with Crippen LogP contribution in [0.1, 0.15) is 26.3 Å². The molecule has 2 rings (SSSR count). The summed E-state index contributed by atoms with van der Waals surface area (Å²) in [5.74, 6) is 4.70. The van der Waals surface area contributed by atoms with Gasteiger partial charge < -0.3 is 19.3 Å². The van der Waals surface area contributed by atoms with E-state index < -0.39 is 11.9 Å². The maximum atomic E-state index is 12.0. The summed E-state index contributed by atoms with van der Waals surface area (Å²) < 4.78 is 15.7. The summed E-state index contributed by atoms with van der Waals surface area (Å²) in [6, 6.07) is 7.07. The molecule has 0 saturated carbocycles. The molecule has 0 unspecified atom stereocenters. The Morgan fingerprint density at radius 1 is 1.18 bits per heavy atom. The first-order valence-corrected chi connectivity index (χ1v) is 8.38. The van der Waals surface area contributed by atoms with Crippen molar-refractivity contribution in [2.75, 3.05) is 20.8 Å². The molecule has 0 aliphatic heterocycles. The highest BCUT2D eigenvalue weighted by Crippen LogP contribution is 2.33. The van der Waals surface area contributed by atoms with E-state index in [1.54, 1.807) is 18.2 Å². The third-order valence-electron chi connectivity index (χ3n) is 3.69. The second-order valence-corrected chi connectivity index (χ2v) is 5.85. The second-order valence-electron chi connectivity index (χ2n) is 5.44. The molecule has 0 spiro atoms. The van der Waals surface area contributed by atoms with Crippen LogP contribution in [0.15, 0.2) is 36.4 Å². The summed E-state index contributed by atoms with van der Waals surface area (Å²) >= 11 is 5.77. The minimum Gasteiger partial charge on any atom is -0.506 e. The van der Waals surface area contributed by atoms with Crippen molar-refractivity contribution in [3.05, 3.63) is 58.1 Å². The Morgan fingerprint density at radius 2 is 1.93 bits per heavy atom. The number of esters is 1. The van der Waals surface area contributed by atoms with E-state index in [0.717, 1.165) is 0 Å². The molecule has 0 heterocycles. The molecule has 0 bridgehead atoms. The monoisotopic (exact) mass is 406 g/mol. The van der Waals surface area contributed by atoms with Crippen molar-refractivity contribution in [1.29, 1.82) is 0 Å². The third kappa shape index (κ3) is 4.93. The molecule has 0 saturated heterocycles. The van der Waals surface area contributed by atoms with Crippen molar-refractivity contribution in [1.82, 2.24) is 5.43 Å². The molecule has 0 fully saturated rings. The first-order valence-electron chi connectivity index (χ1n) is 8.00. The summed E-state index contributed by atoms with van der Waals surface area (Å²) in [5.41, 5.74) is 3.06. The number of hydrazine groups is 1. The van der Waals surface area contributed by atoms with Crippen molar-refractivity contribution in [2.45, 2.75) is 0 Å². The molecule has 8 nitrogen and oxygen atoms in total. The van der Waals surface area contributed by atoms with Crippen molar-refractivity contribution in [3.8, 4) is 17.2 Å². The minimum atomic E-state index is -0.604. The van der Waals surface area contributed by atoms with Gasteiger partial charge in [0.15, 0.2) is 11.5 Å². The van der Waals surface area contributed by atoms with Crippen molar-refractivity contribution < 1.29 is 28.9 Å². The zero-order valence-corrected chi connectivity index (χ0v) is 15.9. The van der Waals surface area contributed by atoms with Gasteiger partial charge in [0, 0.05) is 11.1 Å². The number of carbonyl (C=O) groups is 2. The SMILES string of the molecule is COc1cc(C(=O)NN)cc(C=CCOC(=O)c2ccc(O)c(Cl)c2)c1OC. The Labute approximate surface area is 166 Å². The highest BCUT2D eigenvalue weighted by Gasteiger charge is 2.14. The van der Waals surface area contributed by atoms with Crippen molar-refractivity contribution in [3.63, 3.8) is 0 Å². The van der Waals surface area contributed by atoms with E-state index in [0.29, 0.717) is 17.1 Å². The quantitative estimate of drug-likeness (QED) is 0.279. The number of aromatic hydroxyl groups is 1. The zero-order chi connectivity index (χ0) is 20.7. The van der Waals surface area contributed by atoms with E-state index in [-0.39, 0.29) is 28.5 Å². The molecule has 2 aromatic carbocycles. The normalized spacial score (nSPS) is 10.6. The molecule has 1 amide bonds. The number of halogens is 1. The first kappa shape index (κ1) is 21.1. The highest BCUT2D eigenvalue weighted by atomic mass is 35.5. The fraction of sp³-hybridized carbons (Fsp3) is 0.158. The summed E-state index contributed by atoms with van der Waals surface area (Å²) in [4.78, 5) is 23.8. The van der Waals surface area contributed by atoms with E-state index in [9.17, 15) is 14.7 Å². The van der Waals surface area contributed by atoms with Crippen LogP contribution in [0.3, 0.4) is 0 Å². The van der Waals surface area contributed by atoms with Crippen LogP contribution < -0.4 is 20.7 Å². The highest BCUT2D eigenvalue weighted by molar-refractivity contribution is 6.32. The van der Waals surface area contributed by atoms with Crippen LogP contribution in [0.2, 0.25) is 5.02 Å². The number of hydrogen-bond donors (Lipinski definition) is 3. The number of phenolic OH excluding ortho intramolecular Hbond substituents is 1. The van der Waals surface area contributed by atoms with Crippen LogP contribution >= 0.6 is 11.6 Å². The van der Waals surface area contributed by atoms with Gasteiger partial charge in [0.1, 0.15) is 12.4 Å². The Kier molecular flexibility index (Phi) is 7.25. The Balaban J connectivity index is 2.15. The van der Waals surface area contributed by atoms with Crippen molar-refractivity contribution in [2.24, 2.45) is 5.84 Å². The molecule has 28 heavy (non-hydrogen) atoms. The van der Waals surface area contributed by atoms with Gasteiger partial charge >= 0.3 is 5.97 Å². The third-order valence-corrected chi connectivity index (χ3v) is 4.00. The average molecular weight is 407 g/mol. The first-order chi connectivity index (χ1) is 13.4. The molecule has 0 aromatic heterocycles. The van der Waals surface area contributed by atoms with E-state index in [1.807, 2.05) is 5.43 Å². The number of ether oxygens (including phenoxy) is 3. The molecule has 148 valence electrons. The van der Waals surface area contributed by atoms with Gasteiger partial charge in [-0.1, -0.05) is 17.7 Å². The maximum Gasteiger partial charge on any atom is 0.338 e. The van der Waals surface area contributed by atoms with Gasteiger partial charge in [-0.25, -0.2) is 10.6 Å². The molecule has 9 heteroatoms. The molecule has 4 N–H and O–H groups in total. The zero-order valence-electron chi connectivity index (χ0n) is 15.2. The predicted molar refractivity (Wildman–Crippen MR) is 104 cm³/mol. The Morgan fingerprint density at radius 3 is 2.54 bits per heavy atom. The molecule has 0 aliphatic carbocycles. The Bertz CT molecular complexity index is 914. The van der Waals surface area contributed by atoms with Gasteiger partial charge in [-0.2, -0.15) is 0 Å². The number of carbonyl (C=O) groups excluding carboxylic acids is 2. The van der Waals surface area contributed by atoms with E-state index in [2.05, 4.69) is 0 Å². The van der Waals surface area contributed by atoms with Gasteiger partial charge in [0.2, 0.25) is 0 Å². The number of phenols is 1. The standard InChI is InChI=1S/C19H19ClN2O6/c1-26-16-10-13(18(24)22-21)8-11(17(16)27-2)4-3-7-28-19(25)12-5-6-15(23)14(20)9-12/h3-6,8-10,23H,7,21H2,1-2H3,(H,22,24). The molecule has 0 radical (unpaired) electrons. The molecule has 0 aliphatic rings. The summed E-state index contributed by atoms with van der Waals surface area (Å²) in [7, 11) is 2.91.